The molecule has 1 aliphatic rings. The van der Waals surface area contributed by atoms with Crippen molar-refractivity contribution in [2.24, 2.45) is 0 Å². The molecule has 0 saturated carbocycles. The lowest BCUT2D eigenvalue weighted by molar-refractivity contribution is 0.0793. The molecule has 30 heavy (non-hydrogen) atoms. The van der Waals surface area contributed by atoms with E-state index >= 15 is 0 Å². The number of nitrogens with zero attached hydrogens (tertiary/aromatic N) is 2. The normalized spacial score (nSPS) is 14.3. The molecule has 7 heteroatoms. The number of hydrogen-bond acceptors (Lipinski definition) is 5. The summed E-state index contributed by atoms with van der Waals surface area (Å²) in [6.45, 7) is 5.23. The Morgan fingerprint density at radius 3 is 2.27 bits per heavy atom. The van der Waals surface area contributed by atoms with E-state index in [4.69, 9.17) is 4.42 Å². The fourth-order valence-electron chi connectivity index (χ4n) is 3.55. The molecular weight excluding hydrogens is 400 g/mol. The first-order valence-corrected chi connectivity index (χ1v) is 11.6. The van der Waals surface area contributed by atoms with Crippen molar-refractivity contribution in [3.05, 3.63) is 71.1 Å². The van der Waals surface area contributed by atoms with Crippen LogP contribution in [-0.2, 0) is 15.6 Å². The third kappa shape index (κ3) is 4.16. The molecule has 2 aromatic carbocycles. The van der Waals surface area contributed by atoms with E-state index in [1.807, 2.05) is 11.8 Å². The van der Waals surface area contributed by atoms with Crippen LogP contribution in [0.25, 0.3) is 11.5 Å². The number of aryl methyl sites for hydroxylation is 2. The van der Waals surface area contributed by atoms with Crippen molar-refractivity contribution in [3.63, 3.8) is 0 Å². The molecule has 1 saturated heterocycles. The summed E-state index contributed by atoms with van der Waals surface area (Å²) in [4.78, 5) is 19.0. The third-order valence-corrected chi connectivity index (χ3v) is 7.02. The van der Waals surface area contributed by atoms with Crippen LogP contribution in [0.15, 0.2) is 57.8 Å². The number of sulfone groups is 1. The first-order valence-electron chi connectivity index (χ1n) is 9.99. The lowest BCUT2D eigenvalue weighted by atomic mass is 10.1. The maximum Gasteiger partial charge on any atom is 0.253 e. The van der Waals surface area contributed by atoms with Crippen LogP contribution in [0, 0.1) is 13.8 Å². The summed E-state index contributed by atoms with van der Waals surface area (Å²) in [6.07, 6.45) is 2.10. The van der Waals surface area contributed by atoms with Crippen LogP contribution in [0.3, 0.4) is 0 Å². The number of carbonyl (C=O) groups is 1. The van der Waals surface area contributed by atoms with Gasteiger partial charge in [-0.2, -0.15) is 0 Å². The van der Waals surface area contributed by atoms with Crippen LogP contribution >= 0.6 is 0 Å². The van der Waals surface area contributed by atoms with Gasteiger partial charge in [0.25, 0.3) is 5.91 Å². The van der Waals surface area contributed by atoms with Crippen LogP contribution in [0.1, 0.15) is 40.2 Å². The minimum atomic E-state index is -3.52. The van der Waals surface area contributed by atoms with Crippen LogP contribution in [0.4, 0.5) is 0 Å². The summed E-state index contributed by atoms with van der Waals surface area (Å²) in [5.41, 5.74) is 2.73. The molecule has 3 aromatic rings. The van der Waals surface area contributed by atoms with E-state index in [9.17, 15) is 13.2 Å². The Bertz CT molecular complexity index is 1160. The molecule has 4 rings (SSSR count). The summed E-state index contributed by atoms with van der Waals surface area (Å²) >= 11 is 0. The SMILES string of the molecule is Cc1ccc(S(=O)(=O)Cc2nc(-c3ccc(C(=O)N4CCCC4)cc3)oc2C)cc1. The highest BCUT2D eigenvalue weighted by Crippen LogP contribution is 2.25. The van der Waals surface area contributed by atoms with Crippen molar-refractivity contribution < 1.29 is 17.6 Å². The number of aromatic nitrogens is 1. The Kier molecular flexibility index (Phi) is 5.47. The number of carbonyl (C=O) groups excluding carboxylic acids is 1. The molecule has 156 valence electrons. The predicted octanol–water partition coefficient (Wildman–Crippen LogP) is 4.17. The smallest absolute Gasteiger partial charge is 0.253 e. The maximum absolute atomic E-state index is 12.7. The van der Waals surface area contributed by atoms with Crippen LogP contribution < -0.4 is 0 Å². The first kappa shape index (κ1) is 20.3. The maximum atomic E-state index is 12.7. The van der Waals surface area contributed by atoms with Gasteiger partial charge in [0, 0.05) is 24.2 Å². The molecule has 1 aliphatic heterocycles. The van der Waals surface area contributed by atoms with Crippen molar-refractivity contribution in [1.29, 1.82) is 0 Å². The lowest BCUT2D eigenvalue weighted by Gasteiger charge is -2.15. The van der Waals surface area contributed by atoms with E-state index in [1.165, 1.54) is 0 Å². The molecule has 2 heterocycles. The van der Waals surface area contributed by atoms with Crippen molar-refractivity contribution in [1.82, 2.24) is 9.88 Å². The second-order valence-corrected chi connectivity index (χ2v) is 9.66. The highest BCUT2D eigenvalue weighted by molar-refractivity contribution is 7.90. The monoisotopic (exact) mass is 424 g/mol. The Balaban J connectivity index is 1.53. The molecule has 6 nitrogen and oxygen atoms in total. The number of hydrogen-bond donors (Lipinski definition) is 0. The van der Waals surface area contributed by atoms with E-state index in [0.29, 0.717) is 28.5 Å². The zero-order valence-electron chi connectivity index (χ0n) is 17.1. The topological polar surface area (TPSA) is 80.5 Å². The van der Waals surface area contributed by atoms with Gasteiger partial charge < -0.3 is 9.32 Å². The van der Waals surface area contributed by atoms with Crippen LogP contribution in [-0.4, -0.2) is 37.3 Å². The van der Waals surface area contributed by atoms with Gasteiger partial charge in [0.05, 0.1) is 10.6 Å². The van der Waals surface area contributed by atoms with E-state index < -0.39 is 9.84 Å². The van der Waals surface area contributed by atoms with Gasteiger partial charge in [-0.05, 0) is 63.1 Å². The van der Waals surface area contributed by atoms with Gasteiger partial charge in [0.2, 0.25) is 5.89 Å². The molecule has 0 radical (unpaired) electrons. The summed E-state index contributed by atoms with van der Waals surface area (Å²) < 4.78 is 31.2. The Hall–Kier alpha value is -2.93. The summed E-state index contributed by atoms with van der Waals surface area (Å²) in [5, 5.41) is 0. The van der Waals surface area contributed by atoms with Gasteiger partial charge in [-0.3, -0.25) is 4.79 Å². The molecule has 0 atom stereocenters. The van der Waals surface area contributed by atoms with E-state index in [2.05, 4.69) is 4.98 Å². The fourth-order valence-corrected chi connectivity index (χ4v) is 4.90. The number of rotatable bonds is 5. The molecule has 1 aromatic heterocycles. The quantitative estimate of drug-likeness (QED) is 0.614. The van der Waals surface area contributed by atoms with E-state index in [-0.39, 0.29) is 16.6 Å². The molecule has 1 amide bonds. The van der Waals surface area contributed by atoms with Gasteiger partial charge in [-0.15, -0.1) is 0 Å². The minimum absolute atomic E-state index is 0.0347. The van der Waals surface area contributed by atoms with Gasteiger partial charge in [-0.25, -0.2) is 13.4 Å². The summed E-state index contributed by atoms with van der Waals surface area (Å²) in [7, 11) is -3.52. The molecule has 1 fully saturated rings. The second kappa shape index (κ2) is 8.07. The molecule has 0 aliphatic carbocycles. The highest BCUT2D eigenvalue weighted by atomic mass is 32.2. The molecular formula is C23H24N2O4S. The molecule has 0 unspecified atom stereocenters. The first-order chi connectivity index (χ1) is 14.3. The standard InChI is InChI=1S/C23H24N2O4S/c1-16-5-11-20(12-6-16)30(27,28)15-21-17(2)29-22(24-21)18-7-9-19(10-8-18)23(26)25-13-3-4-14-25/h5-12H,3-4,13-15H2,1-2H3. The van der Waals surface area contributed by atoms with Gasteiger partial charge in [0.15, 0.2) is 9.84 Å². The summed E-state index contributed by atoms with van der Waals surface area (Å²) in [5.74, 6) is 0.629. The Labute approximate surface area is 176 Å². The Morgan fingerprint density at radius 2 is 1.63 bits per heavy atom. The van der Waals surface area contributed by atoms with Crippen molar-refractivity contribution in [3.8, 4) is 11.5 Å². The van der Waals surface area contributed by atoms with Gasteiger partial charge in [0.1, 0.15) is 11.5 Å². The third-order valence-electron chi connectivity index (χ3n) is 5.37. The van der Waals surface area contributed by atoms with Gasteiger partial charge in [-0.1, -0.05) is 17.7 Å². The zero-order chi connectivity index (χ0) is 21.3. The summed E-state index contributed by atoms with van der Waals surface area (Å²) in [6, 6.07) is 13.9. The van der Waals surface area contributed by atoms with Crippen LogP contribution in [0.2, 0.25) is 0 Å². The molecule has 0 N–H and O–H groups in total. The van der Waals surface area contributed by atoms with E-state index in [1.54, 1.807) is 55.5 Å². The molecule has 0 spiro atoms. The largest absolute Gasteiger partial charge is 0.441 e. The number of likely N-dealkylation sites (tertiary alicyclic amines) is 1. The van der Waals surface area contributed by atoms with Crippen molar-refractivity contribution in [2.75, 3.05) is 13.1 Å². The highest BCUT2D eigenvalue weighted by Gasteiger charge is 2.22. The van der Waals surface area contributed by atoms with Crippen LogP contribution in [0.5, 0.6) is 0 Å². The number of oxazole rings is 1. The zero-order valence-corrected chi connectivity index (χ0v) is 17.9. The van der Waals surface area contributed by atoms with Crippen molar-refractivity contribution >= 4 is 15.7 Å². The van der Waals surface area contributed by atoms with E-state index in [0.717, 1.165) is 31.5 Å². The second-order valence-electron chi connectivity index (χ2n) is 7.67. The molecule has 0 bridgehead atoms. The van der Waals surface area contributed by atoms with Crippen molar-refractivity contribution in [2.45, 2.75) is 37.3 Å². The number of amides is 1. The lowest BCUT2D eigenvalue weighted by Crippen LogP contribution is -2.27. The Morgan fingerprint density at radius 1 is 1.00 bits per heavy atom. The number of benzene rings is 2. The van der Waals surface area contributed by atoms with Gasteiger partial charge >= 0.3 is 0 Å². The minimum Gasteiger partial charge on any atom is -0.441 e. The average molecular weight is 425 g/mol. The average Bonchev–Trinajstić information content (AvgIpc) is 3.38. The fraction of sp³-hybridized carbons (Fsp3) is 0.304. The predicted molar refractivity (Wildman–Crippen MR) is 114 cm³/mol.